The third kappa shape index (κ3) is 4.08. The van der Waals surface area contributed by atoms with E-state index >= 15 is 0 Å². The molecule has 0 bridgehead atoms. The van der Waals surface area contributed by atoms with Gasteiger partial charge in [0.15, 0.2) is 0 Å². The van der Waals surface area contributed by atoms with Crippen molar-refractivity contribution in [2.45, 2.75) is 65.6 Å². The van der Waals surface area contributed by atoms with Crippen LogP contribution in [0.2, 0.25) is 0 Å². The van der Waals surface area contributed by atoms with E-state index in [1.165, 1.54) is 24.3 Å². The van der Waals surface area contributed by atoms with Gasteiger partial charge in [-0.2, -0.15) is 0 Å². The molecular formula is C18H32N2S. The number of nitrogens with zero attached hydrogens (tertiary/aromatic N) is 1. The lowest BCUT2D eigenvalue weighted by molar-refractivity contribution is 0.0347. The number of hydrogen-bond acceptors (Lipinski definition) is 3. The van der Waals surface area contributed by atoms with Gasteiger partial charge in [0.2, 0.25) is 0 Å². The van der Waals surface area contributed by atoms with Gasteiger partial charge in [0, 0.05) is 36.1 Å². The van der Waals surface area contributed by atoms with Crippen LogP contribution in [0.1, 0.15) is 58.4 Å². The third-order valence-corrected chi connectivity index (χ3v) is 5.65. The average Bonchev–Trinajstić information content (AvgIpc) is 2.92. The Bertz CT molecular complexity index is 399. The summed E-state index contributed by atoms with van der Waals surface area (Å²) in [5.74, 6) is 1.35. The van der Waals surface area contributed by atoms with Crippen LogP contribution < -0.4 is 5.32 Å². The maximum Gasteiger partial charge on any atom is 0.0468 e. The zero-order chi connectivity index (χ0) is 15.4. The van der Waals surface area contributed by atoms with Crippen molar-refractivity contribution in [3.63, 3.8) is 0 Å². The molecule has 0 saturated carbocycles. The molecule has 2 rings (SSSR count). The van der Waals surface area contributed by atoms with Gasteiger partial charge in [0.05, 0.1) is 0 Å². The predicted octanol–water partition coefficient (Wildman–Crippen LogP) is 4.54. The summed E-state index contributed by atoms with van der Waals surface area (Å²) in [6, 6.07) is 6.40. The molecule has 120 valence electrons. The first-order valence-electron chi connectivity index (χ1n) is 8.57. The van der Waals surface area contributed by atoms with E-state index in [-0.39, 0.29) is 0 Å². The van der Waals surface area contributed by atoms with Crippen LogP contribution in [-0.4, -0.2) is 30.1 Å². The Morgan fingerprint density at radius 1 is 1.33 bits per heavy atom. The van der Waals surface area contributed by atoms with Gasteiger partial charge in [-0.15, -0.1) is 11.3 Å². The standard InChI is InChI=1S/C18H32N2S/c1-6-8-15-12-20(16(11-19-15)13(2)3)18(14(4)5)17-9-7-10-21-17/h7,9-10,13-16,18-19H,6,8,11-12H2,1-5H3. The molecule has 1 aromatic rings. The SMILES string of the molecule is CCCC1CN(C(c2cccs2)C(C)C)C(C(C)C)CN1. The number of nitrogens with one attached hydrogen (secondary N) is 1. The van der Waals surface area contributed by atoms with Crippen LogP contribution in [0.3, 0.4) is 0 Å². The lowest BCUT2D eigenvalue weighted by Crippen LogP contribution is -2.59. The van der Waals surface area contributed by atoms with Crippen LogP contribution in [0.5, 0.6) is 0 Å². The fourth-order valence-electron chi connectivity index (χ4n) is 3.67. The Hall–Kier alpha value is -0.380. The Morgan fingerprint density at radius 3 is 2.62 bits per heavy atom. The van der Waals surface area contributed by atoms with Crippen LogP contribution in [0.15, 0.2) is 17.5 Å². The molecule has 1 aromatic heterocycles. The molecule has 1 aliphatic heterocycles. The molecule has 0 radical (unpaired) electrons. The van der Waals surface area contributed by atoms with E-state index in [0.29, 0.717) is 30.0 Å². The first kappa shape index (κ1) is 17.0. The van der Waals surface area contributed by atoms with Gasteiger partial charge in [-0.05, 0) is 29.7 Å². The maximum absolute atomic E-state index is 3.78. The normalized spacial score (nSPS) is 25.7. The highest BCUT2D eigenvalue weighted by Gasteiger charge is 2.36. The summed E-state index contributed by atoms with van der Waals surface area (Å²) in [5.41, 5.74) is 0. The van der Waals surface area contributed by atoms with Crippen molar-refractivity contribution in [1.82, 2.24) is 10.2 Å². The topological polar surface area (TPSA) is 15.3 Å². The fraction of sp³-hybridized carbons (Fsp3) is 0.778. The number of thiophene rings is 1. The van der Waals surface area contributed by atoms with Gasteiger partial charge < -0.3 is 5.32 Å². The van der Waals surface area contributed by atoms with Crippen LogP contribution in [0, 0.1) is 11.8 Å². The van der Waals surface area contributed by atoms with Gasteiger partial charge in [-0.3, -0.25) is 4.90 Å². The van der Waals surface area contributed by atoms with Crippen molar-refractivity contribution in [1.29, 1.82) is 0 Å². The molecule has 1 aliphatic rings. The van der Waals surface area contributed by atoms with Crippen LogP contribution in [-0.2, 0) is 0 Å². The molecule has 3 heteroatoms. The second-order valence-corrected chi connectivity index (χ2v) is 8.09. The van der Waals surface area contributed by atoms with E-state index in [4.69, 9.17) is 0 Å². The largest absolute Gasteiger partial charge is 0.311 e. The van der Waals surface area contributed by atoms with Gasteiger partial charge >= 0.3 is 0 Å². The monoisotopic (exact) mass is 308 g/mol. The van der Waals surface area contributed by atoms with E-state index < -0.39 is 0 Å². The minimum atomic E-state index is 0.568. The molecule has 1 N–H and O–H groups in total. The zero-order valence-corrected chi connectivity index (χ0v) is 15.1. The lowest BCUT2D eigenvalue weighted by atomic mass is 9.91. The number of hydrogen-bond donors (Lipinski definition) is 1. The van der Waals surface area contributed by atoms with Gasteiger partial charge in [0.1, 0.15) is 0 Å². The molecule has 21 heavy (non-hydrogen) atoms. The summed E-state index contributed by atoms with van der Waals surface area (Å²) in [6.45, 7) is 14.1. The maximum atomic E-state index is 3.78. The van der Waals surface area contributed by atoms with Crippen molar-refractivity contribution in [2.75, 3.05) is 13.1 Å². The Balaban J connectivity index is 2.23. The molecule has 1 fully saturated rings. The Morgan fingerprint density at radius 2 is 2.10 bits per heavy atom. The van der Waals surface area contributed by atoms with Gasteiger partial charge in [-0.1, -0.05) is 47.1 Å². The summed E-state index contributed by atoms with van der Waals surface area (Å²) in [4.78, 5) is 4.34. The molecular weight excluding hydrogens is 276 g/mol. The van der Waals surface area contributed by atoms with Gasteiger partial charge in [0.25, 0.3) is 0 Å². The summed E-state index contributed by atoms with van der Waals surface area (Å²) >= 11 is 1.92. The van der Waals surface area contributed by atoms with Gasteiger partial charge in [-0.25, -0.2) is 0 Å². The zero-order valence-electron chi connectivity index (χ0n) is 14.3. The van der Waals surface area contributed by atoms with E-state index in [2.05, 4.69) is 62.3 Å². The highest BCUT2D eigenvalue weighted by Crippen LogP contribution is 2.36. The van der Waals surface area contributed by atoms with Crippen molar-refractivity contribution in [2.24, 2.45) is 11.8 Å². The minimum absolute atomic E-state index is 0.568. The lowest BCUT2D eigenvalue weighted by Gasteiger charge is -2.47. The molecule has 0 spiro atoms. The molecule has 0 aliphatic carbocycles. The summed E-state index contributed by atoms with van der Waals surface area (Å²) in [5, 5.41) is 6.01. The summed E-state index contributed by atoms with van der Waals surface area (Å²) in [7, 11) is 0. The van der Waals surface area contributed by atoms with Crippen molar-refractivity contribution < 1.29 is 0 Å². The van der Waals surface area contributed by atoms with E-state index in [1.54, 1.807) is 0 Å². The second-order valence-electron chi connectivity index (χ2n) is 7.11. The molecule has 0 aromatic carbocycles. The van der Waals surface area contributed by atoms with Crippen molar-refractivity contribution >= 4 is 11.3 Å². The number of piperazine rings is 1. The summed E-state index contributed by atoms with van der Waals surface area (Å²) < 4.78 is 0. The highest BCUT2D eigenvalue weighted by molar-refractivity contribution is 7.10. The molecule has 1 saturated heterocycles. The van der Waals surface area contributed by atoms with E-state index in [0.717, 1.165) is 6.54 Å². The van der Waals surface area contributed by atoms with Crippen LogP contribution in [0.25, 0.3) is 0 Å². The predicted molar refractivity (Wildman–Crippen MR) is 93.9 cm³/mol. The molecule has 0 amide bonds. The van der Waals surface area contributed by atoms with Crippen LogP contribution >= 0.6 is 11.3 Å². The minimum Gasteiger partial charge on any atom is -0.311 e. The molecule has 3 atom stereocenters. The second kappa shape index (κ2) is 7.75. The van der Waals surface area contributed by atoms with Crippen LogP contribution in [0.4, 0.5) is 0 Å². The fourth-order valence-corrected chi connectivity index (χ4v) is 4.69. The quantitative estimate of drug-likeness (QED) is 0.830. The highest BCUT2D eigenvalue weighted by atomic mass is 32.1. The van der Waals surface area contributed by atoms with E-state index in [9.17, 15) is 0 Å². The first-order chi connectivity index (χ1) is 10.0. The molecule has 2 heterocycles. The smallest absolute Gasteiger partial charge is 0.0468 e. The van der Waals surface area contributed by atoms with E-state index in [1.807, 2.05) is 11.3 Å². The molecule has 3 unspecified atom stereocenters. The Kier molecular flexibility index (Phi) is 6.27. The first-order valence-corrected chi connectivity index (χ1v) is 9.45. The third-order valence-electron chi connectivity index (χ3n) is 4.70. The van der Waals surface area contributed by atoms with Crippen molar-refractivity contribution in [3.8, 4) is 0 Å². The Labute approximate surface area is 134 Å². The number of rotatable bonds is 6. The molecule has 2 nitrogen and oxygen atoms in total. The summed E-state index contributed by atoms with van der Waals surface area (Å²) in [6.07, 6.45) is 2.56. The van der Waals surface area contributed by atoms with Crippen molar-refractivity contribution in [3.05, 3.63) is 22.4 Å². The average molecular weight is 309 g/mol.